The van der Waals surface area contributed by atoms with Crippen molar-refractivity contribution in [2.45, 2.75) is 374 Å². The molecule has 1 unspecified atom stereocenters. The van der Waals surface area contributed by atoms with Crippen molar-refractivity contribution in [3.8, 4) is 0 Å². The molecule has 0 aliphatic rings. The van der Waals surface area contributed by atoms with E-state index in [1.54, 1.807) is 0 Å². The minimum Gasteiger partial charge on any atom is -0.462 e. The Kier molecular flexibility index (Phi) is 65.1. The van der Waals surface area contributed by atoms with Gasteiger partial charge in [0.2, 0.25) is 0 Å². The zero-order valence-electron chi connectivity index (χ0n) is 52.9. The van der Waals surface area contributed by atoms with E-state index in [4.69, 9.17) is 14.2 Å². The van der Waals surface area contributed by atoms with Gasteiger partial charge in [-0.15, -0.1) is 0 Å². The molecule has 0 spiro atoms. The van der Waals surface area contributed by atoms with E-state index < -0.39 is 6.10 Å². The van der Waals surface area contributed by atoms with Crippen molar-refractivity contribution in [3.63, 3.8) is 0 Å². The number of carbonyl (C=O) groups excluding carboxylic acids is 3. The molecule has 0 aromatic carbocycles. The summed E-state index contributed by atoms with van der Waals surface area (Å²) in [5, 5.41) is 0. The zero-order valence-corrected chi connectivity index (χ0v) is 52.9. The first kappa shape index (κ1) is 76.1. The number of hydrogen-bond donors (Lipinski definition) is 0. The Morgan fingerprint density at radius 3 is 0.772 bits per heavy atom. The average Bonchev–Trinajstić information content (AvgIpc) is 3.45. The minimum atomic E-state index is -0.773. The Morgan fingerprint density at radius 1 is 0.266 bits per heavy atom. The highest BCUT2D eigenvalue weighted by molar-refractivity contribution is 5.71. The molecule has 1 atom stereocenters. The molecule has 6 heteroatoms. The van der Waals surface area contributed by atoms with Crippen molar-refractivity contribution >= 4 is 17.9 Å². The van der Waals surface area contributed by atoms with Crippen LogP contribution in [0.1, 0.15) is 367 Å². The molecule has 0 radical (unpaired) electrons. The summed E-state index contributed by atoms with van der Waals surface area (Å²) in [7, 11) is 0. The van der Waals surface area contributed by atoms with Crippen LogP contribution >= 0.6 is 0 Å². The molecule has 0 rings (SSSR count). The number of ether oxygens (including phenoxy) is 3. The number of allylic oxidation sites excluding steroid dienone is 10. The maximum Gasteiger partial charge on any atom is 0.306 e. The van der Waals surface area contributed by atoms with Crippen molar-refractivity contribution in [1.82, 2.24) is 0 Å². The number of hydrogen-bond acceptors (Lipinski definition) is 6. The van der Waals surface area contributed by atoms with Gasteiger partial charge in [0.15, 0.2) is 6.10 Å². The molecule has 0 N–H and O–H groups in total. The molecule has 0 aliphatic heterocycles. The quantitative estimate of drug-likeness (QED) is 0.0261. The highest BCUT2D eigenvalue weighted by Crippen LogP contribution is 2.18. The van der Waals surface area contributed by atoms with Gasteiger partial charge in [-0.3, -0.25) is 14.4 Å². The van der Waals surface area contributed by atoms with Crippen LogP contribution in [-0.4, -0.2) is 37.2 Å². The molecular weight excluding hydrogens is 973 g/mol. The molecule has 0 aromatic rings. The van der Waals surface area contributed by atoms with E-state index >= 15 is 0 Å². The van der Waals surface area contributed by atoms with Crippen molar-refractivity contribution in [3.05, 3.63) is 60.8 Å². The van der Waals surface area contributed by atoms with Gasteiger partial charge in [0.25, 0.3) is 0 Å². The number of rotatable bonds is 64. The second-order valence-electron chi connectivity index (χ2n) is 23.4. The van der Waals surface area contributed by atoms with Crippen LogP contribution in [0.2, 0.25) is 0 Å². The molecule has 0 heterocycles. The maximum atomic E-state index is 12.9. The number of esters is 3. The van der Waals surface area contributed by atoms with E-state index in [0.717, 1.165) is 89.9 Å². The molecule has 0 amide bonds. The summed E-state index contributed by atoms with van der Waals surface area (Å²) >= 11 is 0. The Bertz CT molecular complexity index is 1410. The molecule has 460 valence electrons. The molecule has 0 aromatic heterocycles. The lowest BCUT2D eigenvalue weighted by Crippen LogP contribution is -2.30. The summed E-state index contributed by atoms with van der Waals surface area (Å²) < 4.78 is 17.0. The van der Waals surface area contributed by atoms with Gasteiger partial charge in [0.1, 0.15) is 13.2 Å². The first-order valence-corrected chi connectivity index (χ1v) is 34.8. The van der Waals surface area contributed by atoms with Crippen molar-refractivity contribution < 1.29 is 28.6 Å². The van der Waals surface area contributed by atoms with Crippen LogP contribution in [0.25, 0.3) is 0 Å². The van der Waals surface area contributed by atoms with Crippen molar-refractivity contribution in [2.24, 2.45) is 0 Å². The Hall–Kier alpha value is -2.89. The smallest absolute Gasteiger partial charge is 0.306 e. The van der Waals surface area contributed by atoms with Crippen LogP contribution in [0, 0.1) is 0 Å². The minimum absolute atomic E-state index is 0.0685. The van der Waals surface area contributed by atoms with E-state index in [-0.39, 0.29) is 31.1 Å². The molecular formula is C73H132O6. The molecule has 0 fully saturated rings. The van der Waals surface area contributed by atoms with Gasteiger partial charge in [-0.25, -0.2) is 0 Å². The topological polar surface area (TPSA) is 78.9 Å². The first-order valence-electron chi connectivity index (χ1n) is 34.8. The van der Waals surface area contributed by atoms with E-state index in [2.05, 4.69) is 81.5 Å². The van der Waals surface area contributed by atoms with Gasteiger partial charge >= 0.3 is 17.9 Å². The van der Waals surface area contributed by atoms with E-state index in [0.29, 0.717) is 19.3 Å². The van der Waals surface area contributed by atoms with Crippen LogP contribution in [-0.2, 0) is 28.6 Å². The third kappa shape index (κ3) is 65.8. The zero-order chi connectivity index (χ0) is 57.1. The predicted octanol–water partition coefficient (Wildman–Crippen LogP) is 23.9. The third-order valence-corrected chi connectivity index (χ3v) is 15.5. The third-order valence-electron chi connectivity index (χ3n) is 15.5. The van der Waals surface area contributed by atoms with Gasteiger partial charge in [-0.05, 0) is 64.2 Å². The first-order chi connectivity index (χ1) is 39.0. The highest BCUT2D eigenvalue weighted by atomic mass is 16.6. The van der Waals surface area contributed by atoms with Crippen LogP contribution in [0.4, 0.5) is 0 Å². The Morgan fingerprint density at radius 2 is 0.494 bits per heavy atom. The summed E-state index contributed by atoms with van der Waals surface area (Å²) in [4.78, 5) is 38.4. The lowest BCUT2D eigenvalue weighted by atomic mass is 10.0. The van der Waals surface area contributed by atoms with Crippen LogP contribution in [0.5, 0.6) is 0 Å². The highest BCUT2D eigenvalue weighted by Gasteiger charge is 2.19. The summed E-state index contributed by atoms with van der Waals surface area (Å²) in [6.07, 6.45) is 86.6. The Labute approximate surface area is 491 Å². The molecule has 79 heavy (non-hydrogen) atoms. The maximum absolute atomic E-state index is 12.9. The summed E-state index contributed by atoms with van der Waals surface area (Å²) in [6.45, 7) is 6.60. The number of unbranched alkanes of at least 4 members (excludes halogenated alkanes) is 43. The summed E-state index contributed by atoms with van der Waals surface area (Å²) in [6, 6.07) is 0. The lowest BCUT2D eigenvalue weighted by Gasteiger charge is -2.18. The standard InChI is InChI=1S/C73H132O6/c1-4-7-10-13-16-19-22-25-28-31-32-33-34-35-36-37-38-39-40-43-45-48-51-54-57-60-63-66-72(75)78-69-70(79-73(76)67-64-61-58-55-52-49-46-42-30-27-24-21-18-15-12-9-6-3)68-77-71(74)65-62-59-56-53-50-47-44-41-29-26-23-20-17-14-11-8-5-2/h7,10,16,19,25,28,32-33,35-36,70H,4-6,8-9,11-15,17-18,20-24,26-27,29-31,34,37-69H2,1-3H3/b10-7-,19-16-,28-25-,33-32-,36-35-. The lowest BCUT2D eigenvalue weighted by molar-refractivity contribution is -0.167. The normalized spacial score (nSPS) is 12.4. The molecule has 6 nitrogen and oxygen atoms in total. The second-order valence-corrected chi connectivity index (χ2v) is 23.4. The van der Waals surface area contributed by atoms with E-state index in [1.165, 1.54) is 238 Å². The summed E-state index contributed by atoms with van der Waals surface area (Å²) in [5.74, 6) is -0.844. The fourth-order valence-electron chi connectivity index (χ4n) is 10.4. The van der Waals surface area contributed by atoms with Gasteiger partial charge < -0.3 is 14.2 Å². The van der Waals surface area contributed by atoms with Crippen molar-refractivity contribution in [2.75, 3.05) is 13.2 Å². The number of carbonyl (C=O) groups is 3. The SMILES string of the molecule is CC/C=C\C/C=C\C/C=C\C/C=C\C/C=C\CCCCCCCCCCCCCC(=O)OCC(COC(=O)CCCCCCCCCCCCCCCCCCC)OC(=O)CCCCCCCCCCCCCCCCCCC. The van der Waals surface area contributed by atoms with Gasteiger partial charge in [-0.1, -0.05) is 345 Å². The molecule has 0 aliphatic carbocycles. The monoisotopic (exact) mass is 1110 g/mol. The van der Waals surface area contributed by atoms with Crippen LogP contribution in [0.3, 0.4) is 0 Å². The van der Waals surface area contributed by atoms with Crippen LogP contribution in [0.15, 0.2) is 60.8 Å². The molecule has 0 saturated carbocycles. The van der Waals surface area contributed by atoms with Gasteiger partial charge in [-0.2, -0.15) is 0 Å². The fraction of sp³-hybridized carbons (Fsp3) is 0.822. The predicted molar refractivity (Wildman–Crippen MR) is 344 cm³/mol. The van der Waals surface area contributed by atoms with Gasteiger partial charge in [0.05, 0.1) is 0 Å². The summed E-state index contributed by atoms with van der Waals surface area (Å²) in [5.41, 5.74) is 0. The Balaban J connectivity index is 4.28. The average molecular weight is 1110 g/mol. The van der Waals surface area contributed by atoms with E-state index in [1.807, 2.05) is 0 Å². The van der Waals surface area contributed by atoms with Crippen LogP contribution < -0.4 is 0 Å². The molecule has 0 saturated heterocycles. The second kappa shape index (κ2) is 67.6. The molecule has 0 bridgehead atoms. The fourth-order valence-corrected chi connectivity index (χ4v) is 10.4. The largest absolute Gasteiger partial charge is 0.462 e. The van der Waals surface area contributed by atoms with Gasteiger partial charge in [0, 0.05) is 19.3 Å². The van der Waals surface area contributed by atoms with E-state index in [9.17, 15) is 14.4 Å². The van der Waals surface area contributed by atoms with Crippen molar-refractivity contribution in [1.29, 1.82) is 0 Å².